The summed E-state index contributed by atoms with van der Waals surface area (Å²) < 4.78 is 2.09. The zero-order valence-electron chi connectivity index (χ0n) is 21.5. The molecule has 0 bridgehead atoms. The predicted molar refractivity (Wildman–Crippen MR) is 142 cm³/mol. The normalized spacial score (nSPS) is 16.2. The van der Waals surface area contributed by atoms with Gasteiger partial charge in [0.2, 0.25) is 0 Å². The molecular formula is C29H41N5. The van der Waals surface area contributed by atoms with E-state index in [9.17, 15) is 0 Å². The van der Waals surface area contributed by atoms with Crippen molar-refractivity contribution in [2.75, 3.05) is 31.6 Å². The highest BCUT2D eigenvalue weighted by Gasteiger charge is 2.31. The highest BCUT2D eigenvalue weighted by molar-refractivity contribution is 5.92. The van der Waals surface area contributed by atoms with Crippen molar-refractivity contribution >= 4 is 16.7 Å². The number of aromatic nitrogens is 3. The van der Waals surface area contributed by atoms with E-state index >= 15 is 0 Å². The van der Waals surface area contributed by atoms with Crippen LogP contribution in [0.3, 0.4) is 0 Å². The Kier molecular flexibility index (Phi) is 6.91. The zero-order chi connectivity index (χ0) is 23.7. The fraction of sp³-hybridized carbons (Fsp3) is 0.586. The number of benzene rings is 1. The summed E-state index contributed by atoms with van der Waals surface area (Å²) in [5, 5.41) is 5.97. The van der Waals surface area contributed by atoms with Crippen molar-refractivity contribution < 1.29 is 0 Å². The van der Waals surface area contributed by atoms with Crippen molar-refractivity contribution in [1.82, 2.24) is 19.7 Å². The summed E-state index contributed by atoms with van der Waals surface area (Å²) in [6.07, 6.45) is 10.0. The van der Waals surface area contributed by atoms with Gasteiger partial charge in [-0.05, 0) is 89.1 Å². The maximum Gasteiger partial charge on any atom is 0.160 e. The second kappa shape index (κ2) is 10.1. The van der Waals surface area contributed by atoms with E-state index in [1.165, 1.54) is 73.8 Å². The molecule has 2 fully saturated rings. The molecule has 2 heterocycles. The summed E-state index contributed by atoms with van der Waals surface area (Å²) in [5.74, 6) is 1.71. The van der Waals surface area contributed by atoms with Crippen molar-refractivity contribution in [3.05, 3.63) is 42.1 Å². The average Bonchev–Trinajstić information content (AvgIpc) is 3.76. The number of anilines is 1. The van der Waals surface area contributed by atoms with Crippen LogP contribution in [0.4, 0.5) is 5.69 Å². The fourth-order valence-electron chi connectivity index (χ4n) is 4.93. The van der Waals surface area contributed by atoms with Crippen LogP contribution in [0, 0.1) is 11.8 Å². The molecule has 3 aromatic rings. The van der Waals surface area contributed by atoms with Crippen LogP contribution in [-0.2, 0) is 6.54 Å². The molecule has 0 saturated heterocycles. The Labute approximate surface area is 205 Å². The van der Waals surface area contributed by atoms with Crippen molar-refractivity contribution in [2.24, 2.45) is 11.8 Å². The molecule has 1 aromatic carbocycles. The molecule has 0 amide bonds. The lowest BCUT2D eigenvalue weighted by Gasteiger charge is -2.26. The molecule has 2 aromatic heterocycles. The van der Waals surface area contributed by atoms with Crippen LogP contribution in [0.25, 0.3) is 22.3 Å². The largest absolute Gasteiger partial charge is 0.370 e. The zero-order valence-corrected chi connectivity index (χ0v) is 21.5. The summed E-state index contributed by atoms with van der Waals surface area (Å²) in [4.78, 5) is 10.3. The minimum absolute atomic E-state index is 0.284. The van der Waals surface area contributed by atoms with Crippen LogP contribution in [0.5, 0.6) is 0 Å². The Morgan fingerprint density at radius 1 is 1.06 bits per heavy atom. The van der Waals surface area contributed by atoms with E-state index < -0.39 is 0 Å². The first-order chi connectivity index (χ1) is 16.5. The Morgan fingerprint density at radius 2 is 1.79 bits per heavy atom. The van der Waals surface area contributed by atoms with Crippen LogP contribution in [0.15, 0.2) is 36.5 Å². The fourth-order valence-corrected chi connectivity index (χ4v) is 4.93. The molecule has 0 aliphatic heterocycles. The van der Waals surface area contributed by atoms with Gasteiger partial charge in [-0.1, -0.05) is 31.5 Å². The second-order valence-electron chi connectivity index (χ2n) is 11.0. The van der Waals surface area contributed by atoms with Gasteiger partial charge in [-0.3, -0.25) is 0 Å². The van der Waals surface area contributed by atoms with Crippen LogP contribution in [0.1, 0.15) is 70.9 Å². The lowest BCUT2D eigenvalue weighted by atomic mass is 10.1. The van der Waals surface area contributed by atoms with Gasteiger partial charge in [0.25, 0.3) is 0 Å². The number of hydrogen-bond acceptors (Lipinski definition) is 4. The second-order valence-corrected chi connectivity index (χ2v) is 11.0. The Balaban J connectivity index is 1.53. The molecule has 0 spiro atoms. The van der Waals surface area contributed by atoms with E-state index in [-0.39, 0.29) is 6.04 Å². The van der Waals surface area contributed by atoms with Crippen LogP contribution < -0.4 is 4.90 Å². The molecule has 5 rings (SSSR count). The minimum Gasteiger partial charge on any atom is -0.370 e. The molecule has 5 nitrogen and oxygen atoms in total. The van der Waals surface area contributed by atoms with Gasteiger partial charge in [-0.2, -0.15) is 5.10 Å². The third kappa shape index (κ3) is 5.46. The van der Waals surface area contributed by atoms with E-state index in [1.54, 1.807) is 0 Å². The van der Waals surface area contributed by atoms with Gasteiger partial charge in [-0.25, -0.2) is 9.67 Å². The summed E-state index contributed by atoms with van der Waals surface area (Å²) in [5.41, 5.74) is 5.98. The van der Waals surface area contributed by atoms with E-state index in [4.69, 9.17) is 10.1 Å². The Bertz CT molecular complexity index is 1090. The molecule has 2 aliphatic rings. The molecular weight excluding hydrogens is 418 g/mol. The van der Waals surface area contributed by atoms with Gasteiger partial charge in [0.1, 0.15) is 0 Å². The summed E-state index contributed by atoms with van der Waals surface area (Å²) in [7, 11) is 2.22. The molecule has 0 unspecified atom stereocenters. The Hall–Kier alpha value is -2.40. The van der Waals surface area contributed by atoms with Crippen LogP contribution in [-0.4, -0.2) is 46.3 Å². The summed E-state index contributed by atoms with van der Waals surface area (Å²) in [6.45, 7) is 11.1. The lowest BCUT2D eigenvalue weighted by Crippen LogP contribution is -2.28. The first-order valence-electron chi connectivity index (χ1n) is 13.4. The lowest BCUT2D eigenvalue weighted by molar-refractivity contribution is 0.321. The number of nitrogens with zero attached hydrogens (tertiary/aromatic N) is 5. The van der Waals surface area contributed by atoms with Gasteiger partial charge in [0.15, 0.2) is 5.65 Å². The third-order valence-corrected chi connectivity index (χ3v) is 7.29. The Morgan fingerprint density at radius 3 is 2.44 bits per heavy atom. The molecule has 0 radical (unpaired) electrons. The van der Waals surface area contributed by atoms with E-state index in [0.29, 0.717) is 0 Å². The molecule has 2 aliphatic carbocycles. The standard InChI is InChI=1S/C29H41N5/c1-5-6-14-32(4)18-24-8-7-9-25(15-24)27-16-28(26-17-30-34(21(2)3)29(26)31-27)33(19-22-10-11-22)20-23-12-13-23/h7-9,15-17,21-23H,5-6,10-14,18-20H2,1-4H3. The van der Waals surface area contributed by atoms with Crippen molar-refractivity contribution in [3.8, 4) is 11.3 Å². The van der Waals surface area contributed by atoms with Crippen LogP contribution in [0.2, 0.25) is 0 Å². The van der Waals surface area contributed by atoms with E-state index in [1.807, 2.05) is 6.20 Å². The number of rotatable bonds is 12. The van der Waals surface area contributed by atoms with Gasteiger partial charge in [-0.15, -0.1) is 0 Å². The predicted octanol–water partition coefficient (Wildman–Crippen LogP) is 6.54. The number of pyridine rings is 1. The van der Waals surface area contributed by atoms with Gasteiger partial charge in [0.05, 0.1) is 23.0 Å². The number of unbranched alkanes of at least 4 members (excludes halogenated alkanes) is 1. The smallest absolute Gasteiger partial charge is 0.160 e. The maximum atomic E-state index is 5.19. The molecule has 182 valence electrons. The average molecular weight is 460 g/mol. The van der Waals surface area contributed by atoms with Crippen LogP contribution >= 0.6 is 0 Å². The molecule has 0 N–H and O–H groups in total. The van der Waals surface area contributed by atoms with E-state index in [0.717, 1.165) is 36.3 Å². The van der Waals surface area contributed by atoms with Crippen molar-refractivity contribution in [2.45, 2.75) is 71.9 Å². The van der Waals surface area contributed by atoms with Gasteiger partial charge >= 0.3 is 0 Å². The topological polar surface area (TPSA) is 37.2 Å². The maximum absolute atomic E-state index is 5.19. The summed E-state index contributed by atoms with van der Waals surface area (Å²) >= 11 is 0. The van der Waals surface area contributed by atoms with E-state index in [2.05, 4.69) is 72.6 Å². The van der Waals surface area contributed by atoms with Gasteiger partial charge in [0, 0.05) is 31.2 Å². The first-order valence-corrected chi connectivity index (χ1v) is 13.4. The molecule has 34 heavy (non-hydrogen) atoms. The molecule has 2 saturated carbocycles. The quantitative estimate of drug-likeness (QED) is 0.308. The summed E-state index contributed by atoms with van der Waals surface area (Å²) in [6, 6.07) is 11.6. The highest BCUT2D eigenvalue weighted by Crippen LogP contribution is 2.39. The molecule has 0 atom stereocenters. The third-order valence-electron chi connectivity index (χ3n) is 7.29. The molecule has 5 heteroatoms. The van der Waals surface area contributed by atoms with Crippen molar-refractivity contribution in [3.63, 3.8) is 0 Å². The highest BCUT2D eigenvalue weighted by atomic mass is 15.3. The van der Waals surface area contributed by atoms with Gasteiger partial charge < -0.3 is 9.80 Å². The monoisotopic (exact) mass is 459 g/mol. The first kappa shape index (κ1) is 23.3. The minimum atomic E-state index is 0.284. The SMILES string of the molecule is CCCCN(C)Cc1cccc(-c2cc(N(CC3CC3)CC3CC3)c3cnn(C(C)C)c3n2)c1. The number of fused-ring (bicyclic) bond motifs is 1. The number of hydrogen-bond donors (Lipinski definition) is 0. The van der Waals surface area contributed by atoms with Crippen molar-refractivity contribution in [1.29, 1.82) is 0 Å².